The van der Waals surface area contributed by atoms with E-state index in [4.69, 9.17) is 5.11 Å². The van der Waals surface area contributed by atoms with Gasteiger partial charge in [-0.2, -0.15) is 0 Å². The molecule has 1 saturated heterocycles. The normalized spacial score (nSPS) is 18.1. The molecule has 1 unspecified atom stereocenters. The fourth-order valence-corrected chi connectivity index (χ4v) is 2.57. The molecule has 22 heavy (non-hydrogen) atoms. The van der Waals surface area contributed by atoms with E-state index in [1.165, 1.54) is 18.2 Å². The van der Waals surface area contributed by atoms with Crippen LogP contribution in [-0.4, -0.2) is 45.9 Å². The van der Waals surface area contributed by atoms with Crippen LogP contribution in [0.2, 0.25) is 0 Å². The number of nitro groups is 1. The van der Waals surface area contributed by atoms with Crippen molar-refractivity contribution < 1.29 is 19.6 Å². The van der Waals surface area contributed by atoms with Crippen LogP contribution in [0.3, 0.4) is 0 Å². The molecule has 1 fully saturated rings. The Labute approximate surface area is 126 Å². The number of hydrogen-bond donors (Lipinski definition) is 2. The van der Waals surface area contributed by atoms with Crippen LogP contribution >= 0.6 is 0 Å². The van der Waals surface area contributed by atoms with E-state index in [-0.39, 0.29) is 18.1 Å². The molecule has 8 nitrogen and oxygen atoms in total. The largest absolute Gasteiger partial charge is 0.480 e. The maximum Gasteiger partial charge on any atom is 0.320 e. The Kier molecular flexibility index (Phi) is 4.71. The number of likely N-dealkylation sites (tertiary alicyclic amines) is 1. The standard InChI is InChI=1S/C14H17N3O5/c1-9-7-10(17(21)22)4-5-11(9)15-13(18)8-16-6-2-3-12(16)14(19)20/h4-5,7,12H,2-3,6,8H2,1H3,(H,15,18)(H,19,20). The minimum Gasteiger partial charge on any atom is -0.480 e. The molecular formula is C14H17N3O5. The minimum absolute atomic E-state index is 0.00655. The number of hydrogen-bond acceptors (Lipinski definition) is 5. The predicted octanol–water partition coefficient (Wildman–Crippen LogP) is 1.39. The number of non-ortho nitro benzene ring substituents is 1. The summed E-state index contributed by atoms with van der Waals surface area (Å²) in [5.74, 6) is -1.25. The predicted molar refractivity (Wildman–Crippen MR) is 78.7 cm³/mol. The number of nitro benzene ring substituents is 1. The second-order valence-electron chi connectivity index (χ2n) is 5.27. The van der Waals surface area contributed by atoms with Crippen LogP contribution in [-0.2, 0) is 9.59 Å². The van der Waals surface area contributed by atoms with Crippen molar-refractivity contribution in [2.75, 3.05) is 18.4 Å². The molecule has 0 bridgehead atoms. The quantitative estimate of drug-likeness (QED) is 0.628. The lowest BCUT2D eigenvalue weighted by molar-refractivity contribution is -0.384. The molecular weight excluding hydrogens is 290 g/mol. The van der Waals surface area contributed by atoms with E-state index >= 15 is 0 Å². The van der Waals surface area contributed by atoms with Gasteiger partial charge in [0.2, 0.25) is 5.91 Å². The van der Waals surface area contributed by atoms with Gasteiger partial charge in [-0.3, -0.25) is 24.6 Å². The molecule has 0 aromatic heterocycles. The minimum atomic E-state index is -0.920. The summed E-state index contributed by atoms with van der Waals surface area (Å²) in [4.78, 5) is 34.9. The third kappa shape index (κ3) is 3.59. The van der Waals surface area contributed by atoms with Gasteiger partial charge in [0, 0.05) is 17.8 Å². The Hall–Kier alpha value is -2.48. The van der Waals surface area contributed by atoms with E-state index in [2.05, 4.69) is 5.32 Å². The van der Waals surface area contributed by atoms with Crippen LogP contribution in [0, 0.1) is 17.0 Å². The zero-order valence-electron chi connectivity index (χ0n) is 12.1. The number of aryl methyl sites for hydroxylation is 1. The maximum atomic E-state index is 12.0. The topological polar surface area (TPSA) is 113 Å². The molecule has 8 heteroatoms. The van der Waals surface area contributed by atoms with Gasteiger partial charge in [-0.25, -0.2) is 0 Å². The smallest absolute Gasteiger partial charge is 0.320 e. The van der Waals surface area contributed by atoms with Crippen LogP contribution < -0.4 is 5.32 Å². The van der Waals surface area contributed by atoms with Crippen LogP contribution in [0.15, 0.2) is 18.2 Å². The Morgan fingerprint density at radius 1 is 1.50 bits per heavy atom. The first-order valence-electron chi connectivity index (χ1n) is 6.90. The van der Waals surface area contributed by atoms with Crippen molar-refractivity contribution in [1.82, 2.24) is 4.90 Å². The molecule has 1 amide bonds. The number of carboxylic acids is 1. The van der Waals surface area contributed by atoms with Gasteiger partial charge in [-0.1, -0.05) is 0 Å². The Morgan fingerprint density at radius 2 is 2.23 bits per heavy atom. The summed E-state index contributed by atoms with van der Waals surface area (Å²) >= 11 is 0. The molecule has 0 saturated carbocycles. The van der Waals surface area contributed by atoms with Crippen molar-refractivity contribution >= 4 is 23.3 Å². The van der Waals surface area contributed by atoms with E-state index in [0.717, 1.165) is 6.42 Å². The van der Waals surface area contributed by atoms with Gasteiger partial charge in [0.1, 0.15) is 6.04 Å². The molecule has 1 heterocycles. The van der Waals surface area contributed by atoms with Gasteiger partial charge in [-0.15, -0.1) is 0 Å². The van der Waals surface area contributed by atoms with Gasteiger partial charge in [0.25, 0.3) is 5.69 Å². The number of aliphatic carboxylic acids is 1. The number of rotatable bonds is 5. The summed E-state index contributed by atoms with van der Waals surface area (Å²) in [5.41, 5.74) is 1.03. The van der Waals surface area contributed by atoms with Crippen molar-refractivity contribution in [3.63, 3.8) is 0 Å². The van der Waals surface area contributed by atoms with Crippen molar-refractivity contribution in [2.45, 2.75) is 25.8 Å². The summed E-state index contributed by atoms with van der Waals surface area (Å²) < 4.78 is 0. The van der Waals surface area contributed by atoms with E-state index in [0.29, 0.717) is 24.2 Å². The SMILES string of the molecule is Cc1cc([N+](=O)[O-])ccc1NC(=O)CN1CCCC1C(=O)O. The van der Waals surface area contributed by atoms with E-state index in [1.54, 1.807) is 11.8 Å². The van der Waals surface area contributed by atoms with Gasteiger partial charge in [0.15, 0.2) is 0 Å². The van der Waals surface area contributed by atoms with E-state index in [1.807, 2.05) is 0 Å². The van der Waals surface area contributed by atoms with Crippen molar-refractivity contribution in [3.05, 3.63) is 33.9 Å². The molecule has 0 spiro atoms. The third-order valence-corrected chi connectivity index (χ3v) is 3.69. The summed E-state index contributed by atoms with van der Waals surface area (Å²) in [5, 5.41) is 22.4. The lowest BCUT2D eigenvalue weighted by Gasteiger charge is -2.20. The number of carbonyl (C=O) groups excluding carboxylic acids is 1. The molecule has 0 aliphatic carbocycles. The summed E-state index contributed by atoms with van der Waals surface area (Å²) in [7, 11) is 0. The molecule has 2 rings (SSSR count). The number of benzene rings is 1. The molecule has 2 N–H and O–H groups in total. The molecule has 1 aromatic carbocycles. The van der Waals surface area contributed by atoms with Gasteiger partial charge >= 0.3 is 5.97 Å². The van der Waals surface area contributed by atoms with Crippen molar-refractivity contribution in [1.29, 1.82) is 0 Å². The number of carbonyl (C=O) groups is 2. The highest BCUT2D eigenvalue weighted by atomic mass is 16.6. The third-order valence-electron chi connectivity index (χ3n) is 3.69. The van der Waals surface area contributed by atoms with Crippen LogP contribution in [0.25, 0.3) is 0 Å². The average Bonchev–Trinajstić information content (AvgIpc) is 2.89. The molecule has 1 aliphatic heterocycles. The number of carboxylic acid groups (broad SMARTS) is 1. The summed E-state index contributed by atoms with van der Waals surface area (Å²) in [6, 6.07) is 3.55. The first-order valence-corrected chi connectivity index (χ1v) is 6.90. The van der Waals surface area contributed by atoms with Crippen LogP contribution in [0.5, 0.6) is 0 Å². The maximum absolute atomic E-state index is 12.0. The van der Waals surface area contributed by atoms with Gasteiger partial charge in [0.05, 0.1) is 11.5 Å². The average molecular weight is 307 g/mol. The van der Waals surface area contributed by atoms with E-state index in [9.17, 15) is 19.7 Å². The van der Waals surface area contributed by atoms with Gasteiger partial charge in [-0.05, 0) is 37.9 Å². The highest BCUT2D eigenvalue weighted by Crippen LogP contribution is 2.22. The fourth-order valence-electron chi connectivity index (χ4n) is 2.57. The molecule has 1 atom stereocenters. The monoisotopic (exact) mass is 307 g/mol. The highest BCUT2D eigenvalue weighted by molar-refractivity contribution is 5.93. The lowest BCUT2D eigenvalue weighted by atomic mass is 10.2. The highest BCUT2D eigenvalue weighted by Gasteiger charge is 2.31. The fraction of sp³-hybridized carbons (Fsp3) is 0.429. The first kappa shape index (κ1) is 15.9. The Bertz CT molecular complexity index is 616. The second-order valence-corrected chi connectivity index (χ2v) is 5.27. The van der Waals surface area contributed by atoms with Crippen molar-refractivity contribution in [3.8, 4) is 0 Å². The van der Waals surface area contributed by atoms with Crippen LogP contribution in [0.1, 0.15) is 18.4 Å². The van der Waals surface area contributed by atoms with Gasteiger partial charge < -0.3 is 10.4 Å². The molecule has 0 radical (unpaired) electrons. The lowest BCUT2D eigenvalue weighted by Crippen LogP contribution is -2.40. The first-order chi connectivity index (χ1) is 10.4. The van der Waals surface area contributed by atoms with Crippen molar-refractivity contribution in [2.24, 2.45) is 0 Å². The Balaban J connectivity index is 2.00. The zero-order chi connectivity index (χ0) is 16.3. The number of nitrogens with zero attached hydrogens (tertiary/aromatic N) is 2. The second kappa shape index (κ2) is 6.52. The van der Waals surface area contributed by atoms with Crippen LogP contribution in [0.4, 0.5) is 11.4 Å². The number of nitrogens with one attached hydrogen (secondary N) is 1. The molecule has 1 aliphatic rings. The number of amides is 1. The molecule has 118 valence electrons. The zero-order valence-corrected chi connectivity index (χ0v) is 12.1. The van der Waals surface area contributed by atoms with E-state index < -0.39 is 16.9 Å². The molecule has 1 aromatic rings. The summed E-state index contributed by atoms with van der Waals surface area (Å²) in [6.07, 6.45) is 1.29. The number of anilines is 1. The summed E-state index contributed by atoms with van der Waals surface area (Å²) in [6.45, 7) is 2.23. The Morgan fingerprint density at radius 3 is 2.82 bits per heavy atom.